The Morgan fingerprint density at radius 3 is 1.30 bits per heavy atom. The Hall–Kier alpha value is -3.25. The number of rotatable bonds is 7. The van der Waals surface area contributed by atoms with Gasteiger partial charge in [-0.3, -0.25) is 0 Å². The van der Waals surface area contributed by atoms with E-state index >= 15 is 0 Å². The molecule has 4 rings (SSSR count). The molecule has 0 saturated heterocycles. The standard InChI is InChI=1S/C28H26P.CHF3O3S/c1-5-15-25(16-6-1)17-13-14-24-29(26-18-7-2-8-19-26,27-20-9-3-10-21-27)28-22-11-4-12-23-28;2-1(3,4)8(5,6)7/h1-13,15-23H,14,24H2;(H,5,6,7)/q+1;/p-1/b17-13+;. The summed E-state index contributed by atoms with van der Waals surface area (Å²) in [6, 6.07) is 43.8. The van der Waals surface area contributed by atoms with E-state index in [9.17, 15) is 13.2 Å². The summed E-state index contributed by atoms with van der Waals surface area (Å²) in [5.41, 5.74) is -4.39. The molecule has 0 unspecified atom stereocenters. The number of benzene rings is 4. The number of halogens is 3. The highest BCUT2D eigenvalue weighted by Crippen LogP contribution is 2.55. The normalized spacial score (nSPS) is 12.1. The second-order valence-corrected chi connectivity index (χ2v) is 13.0. The Morgan fingerprint density at radius 2 is 0.973 bits per heavy atom. The van der Waals surface area contributed by atoms with Crippen molar-refractivity contribution in [2.24, 2.45) is 0 Å². The van der Waals surface area contributed by atoms with Gasteiger partial charge in [0.2, 0.25) is 0 Å². The SMILES string of the molecule is C(=C\c1ccccc1)/CC[P+](c1ccccc1)(c1ccccc1)c1ccccc1.O=S(=O)([O-])C(F)(F)F. The van der Waals surface area contributed by atoms with E-state index in [0.717, 1.165) is 12.6 Å². The van der Waals surface area contributed by atoms with Crippen LogP contribution in [-0.4, -0.2) is 24.6 Å². The lowest BCUT2D eigenvalue weighted by atomic mass is 10.2. The molecule has 0 saturated carbocycles. The van der Waals surface area contributed by atoms with E-state index in [1.807, 2.05) is 0 Å². The van der Waals surface area contributed by atoms with Gasteiger partial charge in [0.05, 0.1) is 6.16 Å². The fourth-order valence-corrected chi connectivity index (χ4v) is 8.18. The Balaban J connectivity index is 0.000000414. The van der Waals surface area contributed by atoms with Crippen LogP contribution < -0.4 is 15.9 Å². The molecule has 0 fully saturated rings. The first kappa shape index (κ1) is 28.3. The van der Waals surface area contributed by atoms with Crippen LogP contribution in [0, 0.1) is 0 Å². The summed E-state index contributed by atoms with van der Waals surface area (Å²) in [7, 11) is -7.82. The summed E-state index contributed by atoms with van der Waals surface area (Å²) in [5, 5.41) is 4.35. The maximum absolute atomic E-state index is 10.7. The second-order valence-electron chi connectivity index (χ2n) is 8.04. The van der Waals surface area contributed by atoms with Crippen LogP contribution in [0.2, 0.25) is 0 Å². The summed E-state index contributed by atoms with van der Waals surface area (Å²) >= 11 is 0. The second kappa shape index (κ2) is 12.8. The van der Waals surface area contributed by atoms with Gasteiger partial charge in [0.15, 0.2) is 10.1 Å². The van der Waals surface area contributed by atoms with Crippen molar-refractivity contribution in [1.29, 1.82) is 0 Å². The average Bonchev–Trinajstić information content (AvgIpc) is 2.90. The zero-order valence-corrected chi connectivity index (χ0v) is 21.5. The summed E-state index contributed by atoms with van der Waals surface area (Å²) in [5.74, 6) is 0. The van der Waals surface area contributed by atoms with Crippen LogP contribution >= 0.6 is 7.26 Å². The van der Waals surface area contributed by atoms with E-state index < -0.39 is 22.9 Å². The van der Waals surface area contributed by atoms with E-state index in [0.29, 0.717) is 0 Å². The van der Waals surface area contributed by atoms with Crippen LogP contribution in [0.4, 0.5) is 13.2 Å². The smallest absolute Gasteiger partial charge is 0.485 e. The van der Waals surface area contributed by atoms with Crippen molar-refractivity contribution in [2.75, 3.05) is 6.16 Å². The van der Waals surface area contributed by atoms with Crippen LogP contribution in [-0.2, 0) is 10.1 Å². The molecule has 0 bridgehead atoms. The van der Waals surface area contributed by atoms with Gasteiger partial charge in [0.25, 0.3) is 0 Å². The molecule has 0 aliphatic heterocycles. The Bertz CT molecular complexity index is 1270. The molecule has 0 atom stereocenters. The van der Waals surface area contributed by atoms with Crippen LogP contribution in [0.5, 0.6) is 0 Å². The third-order valence-corrected chi connectivity index (χ3v) is 10.7. The molecular weight excluding hydrogens is 516 g/mol. The van der Waals surface area contributed by atoms with E-state index in [-0.39, 0.29) is 0 Å². The van der Waals surface area contributed by atoms with Gasteiger partial charge in [-0.25, -0.2) is 8.42 Å². The fraction of sp³-hybridized carbons (Fsp3) is 0.103. The van der Waals surface area contributed by atoms with Crippen LogP contribution in [0.15, 0.2) is 127 Å². The average molecular weight is 543 g/mol. The molecule has 0 aromatic heterocycles. The van der Waals surface area contributed by atoms with E-state index in [4.69, 9.17) is 13.0 Å². The first-order valence-electron chi connectivity index (χ1n) is 11.4. The first-order chi connectivity index (χ1) is 17.6. The molecule has 0 radical (unpaired) electrons. The van der Waals surface area contributed by atoms with Crippen LogP contribution in [0.1, 0.15) is 12.0 Å². The van der Waals surface area contributed by atoms with Crippen LogP contribution in [0.25, 0.3) is 6.08 Å². The molecule has 8 heteroatoms. The molecular formula is C29H26F3O3PS. The number of alkyl halides is 3. The van der Waals surface area contributed by atoms with Gasteiger partial charge in [-0.1, -0.05) is 97.1 Å². The molecule has 3 nitrogen and oxygen atoms in total. The van der Waals surface area contributed by atoms with Crippen molar-refractivity contribution in [1.82, 2.24) is 0 Å². The molecule has 0 spiro atoms. The number of hydrogen-bond donors (Lipinski definition) is 0. The summed E-state index contributed by atoms with van der Waals surface area (Å²) in [6.45, 7) is 0. The quantitative estimate of drug-likeness (QED) is 0.160. The predicted octanol–water partition coefficient (Wildman–Crippen LogP) is 6.14. The number of hydrogen-bond acceptors (Lipinski definition) is 3. The van der Waals surface area contributed by atoms with E-state index in [2.05, 4.69) is 133 Å². The lowest BCUT2D eigenvalue weighted by Crippen LogP contribution is -2.33. The zero-order valence-electron chi connectivity index (χ0n) is 19.8. The Labute approximate surface area is 216 Å². The lowest BCUT2D eigenvalue weighted by Gasteiger charge is -2.27. The van der Waals surface area contributed by atoms with Crippen LogP contribution in [0.3, 0.4) is 0 Å². The fourth-order valence-electron chi connectivity index (χ4n) is 3.93. The molecule has 192 valence electrons. The highest BCUT2D eigenvalue weighted by molar-refractivity contribution is 7.95. The van der Waals surface area contributed by atoms with Gasteiger partial charge < -0.3 is 4.55 Å². The summed E-state index contributed by atoms with van der Waals surface area (Å²) in [4.78, 5) is 0. The molecule has 4 aromatic rings. The minimum Gasteiger partial charge on any atom is -0.741 e. The van der Waals surface area contributed by atoms with Gasteiger partial charge in [0, 0.05) is 6.42 Å². The molecule has 0 amide bonds. The van der Waals surface area contributed by atoms with Gasteiger partial charge in [-0.2, -0.15) is 13.2 Å². The molecule has 4 aromatic carbocycles. The summed E-state index contributed by atoms with van der Waals surface area (Å²) in [6.07, 6.45) is 6.74. The predicted molar refractivity (Wildman–Crippen MR) is 146 cm³/mol. The third kappa shape index (κ3) is 7.62. The van der Waals surface area contributed by atoms with Gasteiger partial charge in [0.1, 0.15) is 23.2 Å². The van der Waals surface area contributed by atoms with E-state index in [1.165, 1.54) is 21.5 Å². The zero-order chi connectivity index (χ0) is 26.8. The van der Waals surface area contributed by atoms with Gasteiger partial charge >= 0.3 is 5.51 Å². The minimum atomic E-state index is -6.09. The van der Waals surface area contributed by atoms with E-state index in [1.54, 1.807) is 0 Å². The third-order valence-electron chi connectivity index (χ3n) is 5.62. The van der Waals surface area contributed by atoms with Crippen molar-refractivity contribution in [2.45, 2.75) is 11.9 Å². The maximum atomic E-state index is 10.7. The van der Waals surface area contributed by atoms with Crippen molar-refractivity contribution in [3.8, 4) is 0 Å². The van der Waals surface area contributed by atoms with Gasteiger partial charge in [-0.05, 0) is 42.0 Å². The monoisotopic (exact) mass is 542 g/mol. The summed E-state index contributed by atoms with van der Waals surface area (Å²) < 4.78 is 58.9. The maximum Gasteiger partial charge on any atom is 0.485 e. The highest BCUT2D eigenvalue weighted by atomic mass is 32.2. The topological polar surface area (TPSA) is 57.2 Å². The molecule has 37 heavy (non-hydrogen) atoms. The van der Waals surface area contributed by atoms with Crippen molar-refractivity contribution < 1.29 is 26.1 Å². The molecule has 0 aliphatic carbocycles. The largest absolute Gasteiger partial charge is 0.741 e. The highest BCUT2D eigenvalue weighted by Gasteiger charge is 2.44. The Kier molecular flexibility index (Phi) is 9.81. The number of allylic oxidation sites excluding steroid dienone is 1. The molecule has 0 heterocycles. The van der Waals surface area contributed by atoms with Crippen molar-refractivity contribution in [3.05, 3.63) is 133 Å². The van der Waals surface area contributed by atoms with Crippen molar-refractivity contribution >= 4 is 39.4 Å². The molecule has 0 aliphatic rings. The Morgan fingerprint density at radius 1 is 0.649 bits per heavy atom. The van der Waals surface area contributed by atoms with Gasteiger partial charge in [-0.15, -0.1) is 0 Å². The minimum absolute atomic E-state index is 1.04. The molecule has 0 N–H and O–H groups in total. The lowest BCUT2D eigenvalue weighted by molar-refractivity contribution is -0.0517. The van der Waals surface area contributed by atoms with Crippen molar-refractivity contribution in [3.63, 3.8) is 0 Å². The first-order valence-corrected chi connectivity index (χ1v) is 14.8.